The number of hydrogen-bond acceptors (Lipinski definition) is 3. The molecule has 3 heteroatoms. The largest absolute Gasteiger partial charge is 0.310 e. The first-order valence-electron chi connectivity index (χ1n) is 6.39. The Morgan fingerprint density at radius 2 is 2.11 bits per heavy atom. The number of nitrogens with zero attached hydrogens (tertiary/aromatic N) is 1. The second kappa shape index (κ2) is 6.12. The highest BCUT2D eigenvalue weighted by molar-refractivity contribution is 7.07. The molecule has 18 heavy (non-hydrogen) atoms. The third kappa shape index (κ3) is 3.18. The molecular formula is C15H20N2S. The predicted molar refractivity (Wildman–Crippen MR) is 78.2 cm³/mol. The second-order valence-electron chi connectivity index (χ2n) is 4.57. The summed E-state index contributed by atoms with van der Waals surface area (Å²) in [4.78, 5) is 4.57. The van der Waals surface area contributed by atoms with Crippen LogP contribution < -0.4 is 5.32 Å². The van der Waals surface area contributed by atoms with Crippen molar-refractivity contribution in [1.29, 1.82) is 0 Å². The second-order valence-corrected chi connectivity index (χ2v) is 5.35. The van der Waals surface area contributed by atoms with Gasteiger partial charge in [0.2, 0.25) is 0 Å². The Balaban J connectivity index is 2.23. The quantitative estimate of drug-likeness (QED) is 0.887. The van der Waals surface area contributed by atoms with Gasteiger partial charge in [0.25, 0.3) is 0 Å². The lowest BCUT2D eigenvalue weighted by atomic mass is 9.99. The minimum atomic E-state index is 0.359. The molecule has 0 bridgehead atoms. The zero-order valence-corrected chi connectivity index (χ0v) is 12.1. The summed E-state index contributed by atoms with van der Waals surface area (Å²) in [5.41, 5.74) is 4.93. The minimum absolute atomic E-state index is 0.359. The Hall–Kier alpha value is -1.19. The number of pyridine rings is 1. The van der Waals surface area contributed by atoms with Crippen molar-refractivity contribution in [3.05, 3.63) is 51.5 Å². The van der Waals surface area contributed by atoms with Crippen LogP contribution in [0.15, 0.2) is 29.0 Å². The number of aromatic nitrogens is 1. The summed E-state index contributed by atoms with van der Waals surface area (Å²) in [7, 11) is 0. The fourth-order valence-electron chi connectivity index (χ4n) is 2.25. The molecule has 0 saturated carbocycles. The summed E-state index contributed by atoms with van der Waals surface area (Å²) < 4.78 is 0. The molecule has 0 amide bonds. The van der Waals surface area contributed by atoms with Gasteiger partial charge in [-0.1, -0.05) is 13.0 Å². The van der Waals surface area contributed by atoms with Crippen molar-refractivity contribution in [2.75, 3.05) is 6.54 Å². The first-order valence-corrected chi connectivity index (χ1v) is 7.33. The first-order chi connectivity index (χ1) is 8.70. The Bertz CT molecular complexity index is 491. The van der Waals surface area contributed by atoms with E-state index >= 15 is 0 Å². The van der Waals surface area contributed by atoms with Crippen molar-refractivity contribution < 1.29 is 0 Å². The summed E-state index contributed by atoms with van der Waals surface area (Å²) in [6.45, 7) is 7.26. The Kier molecular flexibility index (Phi) is 4.50. The fraction of sp³-hybridized carbons (Fsp3) is 0.400. The van der Waals surface area contributed by atoms with E-state index in [1.54, 1.807) is 11.3 Å². The van der Waals surface area contributed by atoms with Crippen LogP contribution in [-0.2, 0) is 6.42 Å². The van der Waals surface area contributed by atoms with Crippen molar-refractivity contribution >= 4 is 11.3 Å². The number of hydrogen-bond donors (Lipinski definition) is 1. The first kappa shape index (κ1) is 13.2. The molecule has 0 spiro atoms. The van der Waals surface area contributed by atoms with E-state index in [2.05, 4.69) is 53.1 Å². The van der Waals surface area contributed by atoms with Gasteiger partial charge >= 0.3 is 0 Å². The highest BCUT2D eigenvalue weighted by atomic mass is 32.1. The molecule has 1 N–H and O–H groups in total. The maximum absolute atomic E-state index is 4.57. The van der Waals surface area contributed by atoms with Crippen molar-refractivity contribution in [3.63, 3.8) is 0 Å². The van der Waals surface area contributed by atoms with E-state index in [4.69, 9.17) is 0 Å². The van der Waals surface area contributed by atoms with Crippen molar-refractivity contribution in [2.45, 2.75) is 33.2 Å². The van der Waals surface area contributed by atoms with Crippen LogP contribution >= 0.6 is 11.3 Å². The van der Waals surface area contributed by atoms with Gasteiger partial charge in [-0.15, -0.1) is 0 Å². The third-order valence-corrected chi connectivity index (χ3v) is 3.84. The van der Waals surface area contributed by atoms with Crippen LogP contribution in [0.4, 0.5) is 0 Å². The lowest BCUT2D eigenvalue weighted by Crippen LogP contribution is -2.24. The van der Waals surface area contributed by atoms with E-state index in [0.717, 1.165) is 24.4 Å². The van der Waals surface area contributed by atoms with Crippen molar-refractivity contribution in [1.82, 2.24) is 10.3 Å². The standard InChI is InChI=1S/C15H20N2S/c1-4-16-15(9-13-7-8-18-10-13)14-6-5-11(2)17-12(14)3/h5-8,10,15-16H,4,9H2,1-3H3. The Labute approximate surface area is 113 Å². The van der Waals surface area contributed by atoms with Crippen LogP contribution in [0.1, 0.15) is 35.5 Å². The monoisotopic (exact) mass is 260 g/mol. The van der Waals surface area contributed by atoms with Gasteiger partial charge in [-0.2, -0.15) is 11.3 Å². The summed E-state index contributed by atoms with van der Waals surface area (Å²) in [5, 5.41) is 7.92. The summed E-state index contributed by atoms with van der Waals surface area (Å²) >= 11 is 1.76. The zero-order chi connectivity index (χ0) is 13.0. The van der Waals surface area contributed by atoms with E-state index in [9.17, 15) is 0 Å². The molecule has 2 heterocycles. The lowest BCUT2D eigenvalue weighted by Gasteiger charge is -2.19. The molecule has 0 aromatic carbocycles. The van der Waals surface area contributed by atoms with E-state index in [1.165, 1.54) is 11.1 Å². The summed E-state index contributed by atoms with van der Waals surface area (Å²) in [6, 6.07) is 6.86. The highest BCUT2D eigenvalue weighted by Gasteiger charge is 2.14. The normalized spacial score (nSPS) is 12.6. The zero-order valence-electron chi connectivity index (χ0n) is 11.2. The molecule has 96 valence electrons. The molecule has 0 fully saturated rings. The molecule has 2 aromatic rings. The van der Waals surface area contributed by atoms with Gasteiger partial charge in [0.05, 0.1) is 0 Å². The third-order valence-electron chi connectivity index (χ3n) is 3.11. The molecule has 0 aliphatic heterocycles. The molecule has 0 aliphatic carbocycles. The van der Waals surface area contributed by atoms with Gasteiger partial charge in [-0.25, -0.2) is 0 Å². The molecule has 0 radical (unpaired) electrons. The maximum atomic E-state index is 4.57. The van der Waals surface area contributed by atoms with Gasteiger partial charge in [0.1, 0.15) is 0 Å². The van der Waals surface area contributed by atoms with Crippen LogP contribution in [0, 0.1) is 13.8 Å². The molecule has 0 aliphatic rings. The van der Waals surface area contributed by atoms with Crippen molar-refractivity contribution in [2.24, 2.45) is 0 Å². The van der Waals surface area contributed by atoms with E-state index in [1.807, 2.05) is 6.92 Å². The van der Waals surface area contributed by atoms with E-state index in [0.29, 0.717) is 6.04 Å². The smallest absolute Gasteiger partial charge is 0.0423 e. The van der Waals surface area contributed by atoms with Crippen LogP contribution in [-0.4, -0.2) is 11.5 Å². The van der Waals surface area contributed by atoms with Gasteiger partial charge in [-0.3, -0.25) is 4.98 Å². The number of aryl methyl sites for hydroxylation is 2. The number of likely N-dealkylation sites (N-methyl/N-ethyl adjacent to an activating group) is 1. The highest BCUT2D eigenvalue weighted by Crippen LogP contribution is 2.22. The van der Waals surface area contributed by atoms with Crippen LogP contribution in [0.3, 0.4) is 0 Å². The molecule has 2 rings (SSSR count). The van der Waals surface area contributed by atoms with E-state index < -0.39 is 0 Å². The van der Waals surface area contributed by atoms with Crippen LogP contribution in [0.5, 0.6) is 0 Å². The average Bonchev–Trinajstić information content (AvgIpc) is 2.81. The molecule has 1 unspecified atom stereocenters. The lowest BCUT2D eigenvalue weighted by molar-refractivity contribution is 0.545. The van der Waals surface area contributed by atoms with Gasteiger partial charge in [0.15, 0.2) is 0 Å². The predicted octanol–water partition coefficient (Wildman–Crippen LogP) is 3.65. The van der Waals surface area contributed by atoms with Crippen molar-refractivity contribution in [3.8, 4) is 0 Å². The number of rotatable bonds is 5. The Morgan fingerprint density at radius 3 is 2.72 bits per heavy atom. The Morgan fingerprint density at radius 1 is 1.28 bits per heavy atom. The fourth-order valence-corrected chi connectivity index (χ4v) is 2.93. The van der Waals surface area contributed by atoms with Gasteiger partial charge in [0, 0.05) is 17.4 Å². The number of nitrogens with one attached hydrogen (secondary N) is 1. The van der Waals surface area contributed by atoms with E-state index in [-0.39, 0.29) is 0 Å². The maximum Gasteiger partial charge on any atom is 0.0423 e. The molecule has 0 saturated heterocycles. The molecule has 2 nitrogen and oxygen atoms in total. The number of thiophene rings is 1. The SMILES string of the molecule is CCNC(Cc1ccsc1)c1ccc(C)nc1C. The molecule has 2 aromatic heterocycles. The molecule has 1 atom stereocenters. The minimum Gasteiger partial charge on any atom is -0.310 e. The topological polar surface area (TPSA) is 24.9 Å². The average molecular weight is 260 g/mol. The van der Waals surface area contributed by atoms with Gasteiger partial charge in [-0.05, 0) is 60.8 Å². The van der Waals surface area contributed by atoms with Crippen LogP contribution in [0.2, 0.25) is 0 Å². The summed E-state index contributed by atoms with van der Waals surface area (Å²) in [5.74, 6) is 0. The van der Waals surface area contributed by atoms with Gasteiger partial charge < -0.3 is 5.32 Å². The summed E-state index contributed by atoms with van der Waals surface area (Å²) in [6.07, 6.45) is 1.03. The van der Waals surface area contributed by atoms with Crippen LogP contribution in [0.25, 0.3) is 0 Å². The molecular weight excluding hydrogens is 240 g/mol.